The van der Waals surface area contributed by atoms with E-state index in [9.17, 15) is 9.59 Å². The molecule has 0 aliphatic carbocycles. The highest BCUT2D eigenvalue weighted by Gasteiger charge is 2.52. The summed E-state index contributed by atoms with van der Waals surface area (Å²) >= 11 is 0. The van der Waals surface area contributed by atoms with Crippen molar-refractivity contribution in [1.82, 2.24) is 0 Å². The molecule has 0 saturated carbocycles. The number of carboxylic acids is 1. The van der Waals surface area contributed by atoms with Crippen molar-refractivity contribution >= 4 is 30.6 Å². The largest absolute Gasteiger partial charge is 0.506 e. The van der Waals surface area contributed by atoms with Gasteiger partial charge in [0.05, 0.1) is 0 Å². The number of hydrogen-bond acceptors (Lipinski definition) is 3. The molecule has 1 N–H and O–H groups in total. The van der Waals surface area contributed by atoms with Gasteiger partial charge < -0.3 is 9.53 Å². The predicted octanol–water partition coefficient (Wildman–Crippen LogP) is 2.73. The highest BCUT2D eigenvalue weighted by Crippen LogP contribution is 2.36. The fourth-order valence-corrected chi connectivity index (χ4v) is 7.27. The lowest BCUT2D eigenvalue weighted by Gasteiger charge is -2.41. The van der Waals surface area contributed by atoms with Crippen LogP contribution >= 0.6 is 0 Å². The number of carbonyl (C=O) groups excluding carboxylic acids is 1. The first kappa shape index (κ1) is 18.7. The Morgan fingerprint density at radius 1 is 0.880 bits per heavy atom. The number of aliphatic carboxylic acids is 1. The third kappa shape index (κ3) is 4.06. The number of rotatable bonds is 5. The van der Waals surface area contributed by atoms with E-state index in [1.807, 2.05) is 81.4 Å². The van der Waals surface area contributed by atoms with Gasteiger partial charge in [-0.3, -0.25) is 0 Å². The van der Waals surface area contributed by atoms with Crippen LogP contribution in [-0.4, -0.2) is 25.4 Å². The second kappa shape index (κ2) is 7.48. The second-order valence-electron chi connectivity index (χ2n) is 6.76. The first-order chi connectivity index (χ1) is 11.8. The van der Waals surface area contributed by atoms with Crippen LogP contribution in [-0.2, 0) is 14.0 Å². The lowest BCUT2D eigenvalue weighted by atomic mass is 10.2. The molecule has 2 aromatic rings. The van der Waals surface area contributed by atoms with Crippen molar-refractivity contribution in [2.24, 2.45) is 0 Å². The van der Waals surface area contributed by atoms with Crippen molar-refractivity contribution in [3.05, 3.63) is 72.8 Å². The molecule has 0 aliphatic heterocycles. The molecule has 2 aromatic carbocycles. The first-order valence-electron chi connectivity index (χ1n) is 8.02. The summed E-state index contributed by atoms with van der Waals surface area (Å²) in [5.74, 6) is -1.82. The molecule has 0 aliphatic rings. The van der Waals surface area contributed by atoms with Crippen LogP contribution in [0, 0.1) is 0 Å². The Bertz CT molecular complexity index is 722. The van der Waals surface area contributed by atoms with Crippen LogP contribution in [0.5, 0.6) is 0 Å². The number of benzene rings is 2. The third-order valence-corrected chi connectivity index (χ3v) is 8.95. The number of hydrogen-bond donors (Lipinski definition) is 1. The van der Waals surface area contributed by atoms with Gasteiger partial charge >= 0.3 is 20.3 Å². The zero-order valence-corrected chi connectivity index (χ0v) is 15.6. The zero-order valence-electron chi connectivity index (χ0n) is 14.6. The molecule has 0 fully saturated rings. The molecular weight excluding hydrogens is 332 g/mol. The average Bonchev–Trinajstić information content (AvgIpc) is 2.58. The maximum absolute atomic E-state index is 12.4. The van der Waals surface area contributed by atoms with Gasteiger partial charge in [0.1, 0.15) is 0 Å². The standard InChI is InChI=1S/C20H22O4Si/c1-20(2,3)25(16-10-6-4-7-11-16,17-12-8-5-9-13-17)24-19(23)15-14-18(21)22/h4-15H,1-3H3,(H,21,22). The molecular formula is C20H22O4Si. The monoisotopic (exact) mass is 354 g/mol. The van der Waals surface area contributed by atoms with E-state index in [-0.39, 0.29) is 5.04 Å². The Morgan fingerprint density at radius 3 is 1.68 bits per heavy atom. The van der Waals surface area contributed by atoms with Gasteiger partial charge in [-0.1, -0.05) is 81.4 Å². The fraction of sp³-hybridized carbons (Fsp3) is 0.200. The molecule has 0 saturated heterocycles. The van der Waals surface area contributed by atoms with Crippen molar-refractivity contribution in [1.29, 1.82) is 0 Å². The third-order valence-electron chi connectivity index (χ3n) is 4.03. The van der Waals surface area contributed by atoms with Crippen LogP contribution in [0.15, 0.2) is 72.8 Å². The van der Waals surface area contributed by atoms with Gasteiger partial charge in [0.15, 0.2) is 0 Å². The Labute approximate surface area is 148 Å². The summed E-state index contributed by atoms with van der Waals surface area (Å²) in [4.78, 5) is 23.1. The van der Waals surface area contributed by atoms with Crippen molar-refractivity contribution < 1.29 is 19.1 Å². The van der Waals surface area contributed by atoms with Crippen molar-refractivity contribution in [2.75, 3.05) is 0 Å². The van der Waals surface area contributed by atoms with Crippen molar-refractivity contribution in [3.63, 3.8) is 0 Å². The summed E-state index contributed by atoms with van der Waals surface area (Å²) in [5, 5.41) is 10.4. The van der Waals surface area contributed by atoms with Gasteiger partial charge in [-0.15, -0.1) is 0 Å². The topological polar surface area (TPSA) is 63.6 Å². The minimum absolute atomic E-state index is 0.345. The van der Waals surface area contributed by atoms with E-state index in [1.54, 1.807) is 0 Å². The molecule has 2 rings (SSSR count). The Kier molecular flexibility index (Phi) is 5.59. The molecule has 4 nitrogen and oxygen atoms in total. The summed E-state index contributed by atoms with van der Waals surface area (Å²) in [7, 11) is -2.98. The van der Waals surface area contributed by atoms with E-state index in [2.05, 4.69) is 0 Å². The maximum Gasteiger partial charge on any atom is 0.328 e. The molecule has 130 valence electrons. The van der Waals surface area contributed by atoms with E-state index >= 15 is 0 Å². The average molecular weight is 354 g/mol. The molecule has 0 radical (unpaired) electrons. The summed E-state index contributed by atoms with van der Waals surface area (Å²) in [6, 6.07) is 19.4. The summed E-state index contributed by atoms with van der Waals surface area (Å²) < 4.78 is 6.07. The van der Waals surface area contributed by atoms with Crippen LogP contribution in [0.1, 0.15) is 20.8 Å². The van der Waals surface area contributed by atoms with Crippen LogP contribution in [0.2, 0.25) is 5.04 Å². The van der Waals surface area contributed by atoms with Gasteiger partial charge in [-0.05, 0) is 15.4 Å². The normalized spacial score (nSPS) is 12.1. The van der Waals surface area contributed by atoms with Gasteiger partial charge in [0.25, 0.3) is 0 Å². The quantitative estimate of drug-likeness (QED) is 0.662. The van der Waals surface area contributed by atoms with Gasteiger partial charge in [-0.25, -0.2) is 9.59 Å². The maximum atomic E-state index is 12.4. The SMILES string of the molecule is CC(C)(C)[Si](OC(=O)C=CC(=O)O)(c1ccccc1)c1ccccc1. The van der Waals surface area contributed by atoms with Gasteiger partial charge in [0, 0.05) is 12.2 Å². The summed E-state index contributed by atoms with van der Waals surface area (Å²) in [5.41, 5.74) is 0. The predicted molar refractivity (Wildman–Crippen MR) is 100 cm³/mol. The molecule has 0 aromatic heterocycles. The molecule has 0 spiro atoms. The minimum Gasteiger partial charge on any atom is -0.506 e. The number of carboxylic acid groups (broad SMARTS) is 1. The van der Waals surface area contributed by atoms with Crippen LogP contribution in [0.4, 0.5) is 0 Å². The lowest BCUT2D eigenvalue weighted by Crippen LogP contribution is -2.67. The Balaban J connectivity index is 2.65. The number of carbonyl (C=O) groups is 2. The zero-order chi connectivity index (χ0) is 18.5. The van der Waals surface area contributed by atoms with Crippen LogP contribution in [0.3, 0.4) is 0 Å². The minimum atomic E-state index is -2.98. The first-order valence-corrected chi connectivity index (χ1v) is 9.93. The van der Waals surface area contributed by atoms with E-state index in [4.69, 9.17) is 9.53 Å². The fourth-order valence-electron chi connectivity index (χ4n) is 2.97. The smallest absolute Gasteiger partial charge is 0.328 e. The van der Waals surface area contributed by atoms with E-state index in [0.717, 1.165) is 22.5 Å². The molecule has 25 heavy (non-hydrogen) atoms. The molecule has 0 amide bonds. The highest BCUT2D eigenvalue weighted by molar-refractivity contribution is 7.00. The van der Waals surface area contributed by atoms with Crippen molar-refractivity contribution in [3.8, 4) is 0 Å². The molecule has 0 unspecified atom stereocenters. The molecule has 0 heterocycles. The van der Waals surface area contributed by atoms with Crippen molar-refractivity contribution in [2.45, 2.75) is 25.8 Å². The molecule has 0 bridgehead atoms. The highest BCUT2D eigenvalue weighted by atomic mass is 28.4. The van der Waals surface area contributed by atoms with E-state index in [0.29, 0.717) is 0 Å². The van der Waals surface area contributed by atoms with Crippen LogP contribution in [0.25, 0.3) is 0 Å². The lowest BCUT2D eigenvalue weighted by molar-refractivity contribution is -0.133. The van der Waals surface area contributed by atoms with Crippen LogP contribution < -0.4 is 10.4 Å². The summed E-state index contributed by atoms with van der Waals surface area (Å²) in [6.45, 7) is 6.15. The Morgan fingerprint density at radius 2 is 1.32 bits per heavy atom. The second-order valence-corrected chi connectivity index (χ2v) is 11.0. The summed E-state index contributed by atoms with van der Waals surface area (Å²) in [6.07, 6.45) is 1.78. The molecule has 5 heteroatoms. The molecule has 0 atom stereocenters. The van der Waals surface area contributed by atoms with Gasteiger partial charge in [0.2, 0.25) is 0 Å². The van der Waals surface area contributed by atoms with Gasteiger partial charge in [-0.2, -0.15) is 0 Å². The Hall–Kier alpha value is -2.66. The van der Waals surface area contributed by atoms with E-state index < -0.39 is 20.3 Å². The van der Waals surface area contributed by atoms with E-state index in [1.165, 1.54) is 0 Å².